The van der Waals surface area contributed by atoms with Gasteiger partial charge in [0.2, 0.25) is 0 Å². The van der Waals surface area contributed by atoms with Gasteiger partial charge in [0.15, 0.2) is 11.6 Å². The molecule has 0 fully saturated rings. The number of ether oxygens (including phenoxy) is 1. The molecule has 0 aliphatic carbocycles. The van der Waals surface area contributed by atoms with Crippen molar-refractivity contribution in [1.29, 1.82) is 5.26 Å². The highest BCUT2D eigenvalue weighted by molar-refractivity contribution is 6.34. The summed E-state index contributed by atoms with van der Waals surface area (Å²) in [4.78, 5) is 12.3. The molecule has 7 heteroatoms. The molecule has 28 heavy (non-hydrogen) atoms. The molecule has 1 amide bonds. The van der Waals surface area contributed by atoms with Crippen LogP contribution in [0.15, 0.2) is 60.7 Å². The first-order chi connectivity index (χ1) is 13.5. The number of hydrogen-bond acceptors (Lipinski definition) is 3. The summed E-state index contributed by atoms with van der Waals surface area (Å²) in [5.74, 6) is -2.48. The molecule has 0 saturated carbocycles. The van der Waals surface area contributed by atoms with Crippen molar-refractivity contribution in [3.63, 3.8) is 0 Å². The van der Waals surface area contributed by atoms with Gasteiger partial charge in [-0.05, 0) is 42.0 Å². The fourth-order valence-corrected chi connectivity index (χ4v) is 2.69. The van der Waals surface area contributed by atoms with Gasteiger partial charge in [-0.3, -0.25) is 4.79 Å². The van der Waals surface area contributed by atoms with E-state index in [0.29, 0.717) is 17.0 Å². The smallest absolute Gasteiger partial charge is 0.257 e. The predicted octanol–water partition coefficient (Wildman–Crippen LogP) is 5.32. The van der Waals surface area contributed by atoms with Gasteiger partial charge in [-0.1, -0.05) is 29.8 Å². The molecule has 0 aliphatic rings. The Labute approximate surface area is 164 Å². The van der Waals surface area contributed by atoms with Crippen LogP contribution in [-0.2, 0) is 6.61 Å². The minimum absolute atomic E-state index is 0.180. The number of amides is 1. The van der Waals surface area contributed by atoms with Gasteiger partial charge in [-0.2, -0.15) is 5.26 Å². The fraction of sp³-hybridized carbons (Fsp3) is 0.0476. The zero-order valence-electron chi connectivity index (χ0n) is 14.4. The van der Waals surface area contributed by atoms with Crippen molar-refractivity contribution in [2.45, 2.75) is 6.61 Å². The van der Waals surface area contributed by atoms with Gasteiger partial charge in [0.25, 0.3) is 5.91 Å². The van der Waals surface area contributed by atoms with Crippen LogP contribution in [-0.4, -0.2) is 5.91 Å². The lowest BCUT2D eigenvalue weighted by Crippen LogP contribution is -2.13. The third kappa shape index (κ3) is 4.64. The maximum absolute atomic E-state index is 13.4. The second-order valence-corrected chi connectivity index (χ2v) is 6.24. The highest BCUT2D eigenvalue weighted by Crippen LogP contribution is 2.23. The highest BCUT2D eigenvalue weighted by atomic mass is 35.5. The molecule has 0 bridgehead atoms. The second-order valence-electron chi connectivity index (χ2n) is 5.83. The largest absolute Gasteiger partial charge is 0.489 e. The van der Waals surface area contributed by atoms with Gasteiger partial charge >= 0.3 is 0 Å². The zero-order valence-corrected chi connectivity index (χ0v) is 15.1. The van der Waals surface area contributed by atoms with E-state index in [2.05, 4.69) is 11.4 Å². The Balaban J connectivity index is 1.70. The number of nitrogens with zero attached hydrogens (tertiary/aromatic N) is 1. The Bertz CT molecular complexity index is 1080. The van der Waals surface area contributed by atoms with E-state index in [9.17, 15) is 13.6 Å². The summed E-state index contributed by atoms with van der Waals surface area (Å²) in [5.41, 5.74) is 1.57. The number of rotatable bonds is 5. The Hall–Kier alpha value is -3.43. The van der Waals surface area contributed by atoms with Crippen LogP contribution < -0.4 is 10.1 Å². The Morgan fingerprint density at radius 2 is 1.82 bits per heavy atom. The number of anilines is 1. The summed E-state index contributed by atoms with van der Waals surface area (Å²) in [6, 6.07) is 17.1. The van der Waals surface area contributed by atoms with Crippen LogP contribution >= 0.6 is 11.6 Å². The zero-order chi connectivity index (χ0) is 20.1. The van der Waals surface area contributed by atoms with Crippen LogP contribution in [0, 0.1) is 23.0 Å². The first-order valence-electron chi connectivity index (χ1n) is 8.14. The summed E-state index contributed by atoms with van der Waals surface area (Å²) >= 11 is 5.82. The Morgan fingerprint density at radius 1 is 1.07 bits per heavy atom. The van der Waals surface area contributed by atoms with Gasteiger partial charge in [-0.15, -0.1) is 0 Å². The average molecular weight is 399 g/mol. The van der Waals surface area contributed by atoms with Crippen LogP contribution in [0.5, 0.6) is 5.75 Å². The monoisotopic (exact) mass is 398 g/mol. The maximum Gasteiger partial charge on any atom is 0.257 e. The normalized spacial score (nSPS) is 10.2. The second kappa shape index (κ2) is 8.51. The predicted molar refractivity (Wildman–Crippen MR) is 101 cm³/mol. The molecule has 3 aromatic rings. The van der Waals surface area contributed by atoms with Crippen LogP contribution in [0.25, 0.3) is 0 Å². The first kappa shape index (κ1) is 19.3. The van der Waals surface area contributed by atoms with E-state index in [0.717, 1.165) is 17.7 Å². The lowest BCUT2D eigenvalue weighted by molar-refractivity contribution is 0.102. The van der Waals surface area contributed by atoms with E-state index in [4.69, 9.17) is 21.6 Å². The number of halogens is 3. The van der Waals surface area contributed by atoms with Gasteiger partial charge in [0.1, 0.15) is 12.4 Å². The number of benzene rings is 3. The molecular weight excluding hydrogens is 386 g/mol. The molecule has 0 aliphatic heterocycles. The van der Waals surface area contributed by atoms with Crippen molar-refractivity contribution in [2.24, 2.45) is 0 Å². The van der Waals surface area contributed by atoms with Gasteiger partial charge < -0.3 is 10.1 Å². The van der Waals surface area contributed by atoms with E-state index < -0.39 is 17.5 Å². The van der Waals surface area contributed by atoms with E-state index in [-0.39, 0.29) is 17.2 Å². The molecule has 1 N–H and O–H groups in total. The van der Waals surface area contributed by atoms with Crippen molar-refractivity contribution in [2.75, 3.05) is 5.32 Å². The molecule has 3 rings (SSSR count). The molecular formula is C21H13ClF2N2O2. The van der Waals surface area contributed by atoms with Crippen molar-refractivity contribution in [3.05, 3.63) is 94.0 Å². The lowest BCUT2D eigenvalue weighted by Gasteiger charge is -2.10. The standard InChI is InChI=1S/C21H13ClF2N2O2/c22-18-10-20(24)19(23)9-17(18)21(27)26-15-5-2-6-16(8-15)28-12-14-4-1-3-13(7-14)11-25/h1-10H,12H2,(H,26,27). The quantitative estimate of drug-likeness (QED) is 0.591. The summed E-state index contributed by atoms with van der Waals surface area (Å²) in [6.07, 6.45) is 0. The number of nitrogens with one attached hydrogen (secondary N) is 1. The molecule has 0 atom stereocenters. The Morgan fingerprint density at radius 3 is 2.61 bits per heavy atom. The van der Waals surface area contributed by atoms with E-state index in [1.165, 1.54) is 0 Å². The molecule has 0 aromatic heterocycles. The van der Waals surface area contributed by atoms with Crippen LogP contribution in [0.3, 0.4) is 0 Å². The Kier molecular flexibility index (Phi) is 5.87. The summed E-state index contributed by atoms with van der Waals surface area (Å²) in [7, 11) is 0. The van der Waals surface area contributed by atoms with Gasteiger partial charge in [0.05, 0.1) is 22.2 Å². The molecule has 0 spiro atoms. The van der Waals surface area contributed by atoms with Gasteiger partial charge in [-0.25, -0.2) is 8.78 Å². The van der Waals surface area contributed by atoms with E-state index in [1.807, 2.05) is 6.07 Å². The molecule has 4 nitrogen and oxygen atoms in total. The number of carbonyl (C=O) groups excluding carboxylic acids is 1. The van der Waals surface area contributed by atoms with Crippen LogP contribution in [0.2, 0.25) is 5.02 Å². The van der Waals surface area contributed by atoms with Gasteiger partial charge in [0, 0.05) is 11.8 Å². The summed E-state index contributed by atoms with van der Waals surface area (Å²) in [6.45, 7) is 0.238. The molecule has 0 radical (unpaired) electrons. The topological polar surface area (TPSA) is 62.1 Å². The SMILES string of the molecule is N#Cc1cccc(COc2cccc(NC(=O)c3cc(F)c(F)cc3Cl)c2)c1. The maximum atomic E-state index is 13.4. The summed E-state index contributed by atoms with van der Waals surface area (Å²) in [5, 5.41) is 11.3. The minimum Gasteiger partial charge on any atom is -0.489 e. The summed E-state index contributed by atoms with van der Waals surface area (Å²) < 4.78 is 32.2. The van der Waals surface area contributed by atoms with Crippen molar-refractivity contribution < 1.29 is 18.3 Å². The molecule has 0 heterocycles. The molecule has 0 saturated heterocycles. The molecule has 0 unspecified atom stereocenters. The molecule has 140 valence electrons. The third-order valence-corrected chi connectivity index (χ3v) is 4.12. The number of nitriles is 1. The fourth-order valence-electron chi connectivity index (χ4n) is 2.46. The van der Waals surface area contributed by atoms with Crippen LogP contribution in [0.1, 0.15) is 21.5 Å². The van der Waals surface area contributed by atoms with Crippen molar-refractivity contribution in [1.82, 2.24) is 0 Å². The first-order valence-corrected chi connectivity index (χ1v) is 8.52. The van der Waals surface area contributed by atoms with Crippen LogP contribution in [0.4, 0.5) is 14.5 Å². The number of hydrogen-bond donors (Lipinski definition) is 1. The third-order valence-electron chi connectivity index (χ3n) is 3.81. The number of carbonyl (C=O) groups is 1. The van der Waals surface area contributed by atoms with E-state index >= 15 is 0 Å². The van der Waals surface area contributed by atoms with E-state index in [1.54, 1.807) is 42.5 Å². The highest BCUT2D eigenvalue weighted by Gasteiger charge is 2.15. The van der Waals surface area contributed by atoms with Crippen molar-refractivity contribution >= 4 is 23.2 Å². The van der Waals surface area contributed by atoms with Crippen molar-refractivity contribution in [3.8, 4) is 11.8 Å². The molecule has 3 aromatic carbocycles. The lowest BCUT2D eigenvalue weighted by atomic mass is 10.1. The minimum atomic E-state index is -1.16. The average Bonchev–Trinajstić information content (AvgIpc) is 2.69.